The summed E-state index contributed by atoms with van der Waals surface area (Å²) in [5, 5.41) is 8.82. The van der Waals surface area contributed by atoms with Crippen molar-refractivity contribution >= 4 is 64.0 Å². The van der Waals surface area contributed by atoms with Crippen LogP contribution in [0.3, 0.4) is 0 Å². The zero-order valence-corrected chi connectivity index (χ0v) is 24.1. The Balaban J connectivity index is 1.11. The summed E-state index contributed by atoms with van der Waals surface area (Å²) in [7, 11) is 0. The third kappa shape index (κ3) is 3.88. The Labute approximate surface area is 253 Å². The van der Waals surface area contributed by atoms with Gasteiger partial charge < -0.3 is 0 Å². The summed E-state index contributed by atoms with van der Waals surface area (Å²) in [5.74, 6) is 0. The molecule has 0 aliphatic carbocycles. The molecule has 0 N–H and O–H groups in total. The molecule has 0 unspecified atom stereocenters. The Morgan fingerprint density at radius 2 is 0.953 bits per heavy atom. The number of aromatic nitrogens is 1. The molecule has 7 aromatic carbocycles. The monoisotopic (exact) mass is 563 g/mol. The number of hydrogen-bond donors (Lipinski definition) is 0. The highest BCUT2D eigenvalue weighted by atomic mass is 32.1. The van der Waals surface area contributed by atoms with Gasteiger partial charge in [0.05, 0.1) is 11.2 Å². The lowest BCUT2D eigenvalue weighted by Crippen LogP contribution is -1.89. The predicted octanol–water partition coefficient (Wildman–Crippen LogP) is 11.9. The van der Waals surface area contributed by atoms with E-state index < -0.39 is 0 Å². The zero-order chi connectivity index (χ0) is 28.3. The van der Waals surface area contributed by atoms with Gasteiger partial charge >= 0.3 is 0 Å². The van der Waals surface area contributed by atoms with Gasteiger partial charge in [-0.2, -0.15) is 0 Å². The van der Waals surface area contributed by atoms with E-state index in [1.54, 1.807) is 0 Å². The third-order valence-electron chi connectivity index (χ3n) is 8.68. The van der Waals surface area contributed by atoms with Crippen LogP contribution >= 0.6 is 11.3 Å². The first kappa shape index (κ1) is 24.3. The van der Waals surface area contributed by atoms with Crippen molar-refractivity contribution in [1.29, 1.82) is 0 Å². The van der Waals surface area contributed by atoms with Crippen molar-refractivity contribution in [2.45, 2.75) is 0 Å². The minimum Gasteiger partial charge on any atom is -0.247 e. The van der Waals surface area contributed by atoms with Crippen LogP contribution in [0.15, 0.2) is 152 Å². The van der Waals surface area contributed by atoms with Crippen molar-refractivity contribution in [2.75, 3.05) is 0 Å². The number of benzene rings is 7. The summed E-state index contributed by atoms with van der Waals surface area (Å²) in [4.78, 5) is 5.23. The molecular weight excluding hydrogens is 539 g/mol. The maximum Gasteiger partial charge on any atom is 0.0794 e. The standard InChI is InChI=1S/C41H25NS/c1-2-13-33-31(11-1)32-12-3-4-15-35(32)40-36(33)23-24-38(42-40)27-21-19-26(20-22-27)28-9-7-10-29(25-28)30-16-8-17-37-34-14-5-6-18-39(34)43-41(30)37/h1-25H. The molecule has 2 heteroatoms. The molecule has 0 aliphatic heterocycles. The van der Waals surface area contributed by atoms with Crippen molar-refractivity contribution < 1.29 is 0 Å². The molecule has 0 amide bonds. The van der Waals surface area contributed by atoms with Crippen LogP contribution in [0.5, 0.6) is 0 Å². The van der Waals surface area contributed by atoms with Crippen LogP contribution in [0.25, 0.3) is 86.1 Å². The van der Waals surface area contributed by atoms with Crippen LogP contribution in [0.2, 0.25) is 0 Å². The van der Waals surface area contributed by atoms with E-state index >= 15 is 0 Å². The number of thiophene rings is 1. The molecule has 0 bridgehead atoms. The van der Waals surface area contributed by atoms with Crippen LogP contribution in [-0.4, -0.2) is 4.98 Å². The molecule has 2 heterocycles. The van der Waals surface area contributed by atoms with Crippen LogP contribution in [-0.2, 0) is 0 Å². The van der Waals surface area contributed by atoms with Gasteiger partial charge in [0.1, 0.15) is 0 Å². The normalized spacial score (nSPS) is 11.7. The largest absolute Gasteiger partial charge is 0.247 e. The third-order valence-corrected chi connectivity index (χ3v) is 9.90. The average molecular weight is 564 g/mol. The summed E-state index contributed by atoms with van der Waals surface area (Å²) in [6, 6.07) is 54.8. The lowest BCUT2D eigenvalue weighted by molar-refractivity contribution is 1.41. The van der Waals surface area contributed by atoms with Crippen LogP contribution in [0, 0.1) is 0 Å². The van der Waals surface area contributed by atoms with Gasteiger partial charge in [0, 0.05) is 36.5 Å². The van der Waals surface area contributed by atoms with Crippen molar-refractivity contribution in [3.8, 4) is 33.5 Å². The topological polar surface area (TPSA) is 12.9 Å². The van der Waals surface area contributed by atoms with Crippen molar-refractivity contribution in [1.82, 2.24) is 4.98 Å². The average Bonchev–Trinajstić information content (AvgIpc) is 3.47. The van der Waals surface area contributed by atoms with E-state index in [-0.39, 0.29) is 0 Å². The van der Waals surface area contributed by atoms with Gasteiger partial charge in [-0.05, 0) is 62.7 Å². The number of pyridine rings is 1. The highest BCUT2D eigenvalue weighted by Crippen LogP contribution is 2.41. The van der Waals surface area contributed by atoms with Gasteiger partial charge in [-0.1, -0.05) is 127 Å². The van der Waals surface area contributed by atoms with E-state index in [0.717, 1.165) is 16.8 Å². The molecule has 0 aliphatic rings. The lowest BCUT2D eigenvalue weighted by Gasteiger charge is -2.11. The molecule has 43 heavy (non-hydrogen) atoms. The van der Waals surface area contributed by atoms with Gasteiger partial charge in [0.15, 0.2) is 0 Å². The smallest absolute Gasteiger partial charge is 0.0794 e. The van der Waals surface area contributed by atoms with Crippen LogP contribution in [0.1, 0.15) is 0 Å². The minimum atomic E-state index is 0.990. The van der Waals surface area contributed by atoms with Gasteiger partial charge in [-0.25, -0.2) is 4.98 Å². The second-order valence-corrected chi connectivity index (χ2v) is 12.2. The van der Waals surface area contributed by atoms with E-state index in [1.165, 1.54) is 69.4 Å². The Kier molecular flexibility index (Phi) is 5.44. The number of fused-ring (bicyclic) bond motifs is 9. The van der Waals surface area contributed by atoms with Crippen molar-refractivity contribution in [3.05, 3.63) is 152 Å². The molecular formula is C41H25NS. The first-order chi connectivity index (χ1) is 21.3. The highest BCUT2D eigenvalue weighted by Gasteiger charge is 2.13. The van der Waals surface area contributed by atoms with Gasteiger partial charge in [-0.3, -0.25) is 0 Å². The van der Waals surface area contributed by atoms with Crippen LogP contribution in [0.4, 0.5) is 0 Å². The summed E-state index contributed by atoms with van der Waals surface area (Å²) >= 11 is 1.88. The summed E-state index contributed by atoms with van der Waals surface area (Å²) < 4.78 is 2.68. The zero-order valence-electron chi connectivity index (χ0n) is 23.3. The molecule has 0 radical (unpaired) electrons. The number of rotatable bonds is 3. The molecule has 9 aromatic rings. The van der Waals surface area contributed by atoms with E-state index in [0.29, 0.717) is 0 Å². The quantitative estimate of drug-likeness (QED) is 0.195. The van der Waals surface area contributed by atoms with E-state index in [4.69, 9.17) is 4.98 Å². The minimum absolute atomic E-state index is 0.990. The van der Waals surface area contributed by atoms with Crippen molar-refractivity contribution in [2.24, 2.45) is 0 Å². The molecule has 0 atom stereocenters. The maximum atomic E-state index is 5.23. The summed E-state index contributed by atoms with van der Waals surface area (Å²) in [6.07, 6.45) is 0. The predicted molar refractivity (Wildman–Crippen MR) is 186 cm³/mol. The van der Waals surface area contributed by atoms with Gasteiger partial charge in [0.25, 0.3) is 0 Å². The molecule has 9 rings (SSSR count). The molecule has 200 valence electrons. The molecule has 0 fully saturated rings. The fourth-order valence-corrected chi connectivity index (χ4v) is 7.83. The molecule has 2 aromatic heterocycles. The highest BCUT2D eigenvalue weighted by molar-refractivity contribution is 7.26. The second kappa shape index (κ2) is 9.62. The van der Waals surface area contributed by atoms with Gasteiger partial charge in [-0.15, -0.1) is 11.3 Å². The Morgan fingerprint density at radius 1 is 0.372 bits per heavy atom. The fraction of sp³-hybridized carbons (Fsp3) is 0. The summed E-state index contributed by atoms with van der Waals surface area (Å²) in [6.45, 7) is 0. The number of hydrogen-bond acceptors (Lipinski definition) is 2. The molecule has 0 saturated heterocycles. The Bertz CT molecular complexity index is 2470. The van der Waals surface area contributed by atoms with E-state index in [1.807, 2.05) is 11.3 Å². The SMILES string of the molecule is c1cc(-c2ccc(-c3ccc4c5ccccc5c5ccccc5c4n3)cc2)cc(-c2cccc3c2sc2ccccc23)c1. The second-order valence-electron chi connectivity index (χ2n) is 11.1. The Hall–Kier alpha value is -5.31. The maximum absolute atomic E-state index is 5.23. The molecule has 0 saturated carbocycles. The fourth-order valence-electron chi connectivity index (χ4n) is 6.59. The first-order valence-electron chi connectivity index (χ1n) is 14.6. The van der Waals surface area contributed by atoms with Gasteiger partial charge in [0.2, 0.25) is 0 Å². The first-order valence-corrected chi connectivity index (χ1v) is 15.5. The lowest BCUT2D eigenvalue weighted by atomic mass is 9.96. The van der Waals surface area contributed by atoms with E-state index in [2.05, 4.69) is 152 Å². The van der Waals surface area contributed by atoms with Crippen molar-refractivity contribution in [3.63, 3.8) is 0 Å². The Morgan fingerprint density at radius 3 is 1.74 bits per heavy atom. The molecule has 1 nitrogen and oxygen atoms in total. The summed E-state index contributed by atoms with van der Waals surface area (Å²) in [5.41, 5.74) is 8.11. The molecule has 0 spiro atoms. The van der Waals surface area contributed by atoms with Crippen LogP contribution < -0.4 is 0 Å². The van der Waals surface area contributed by atoms with E-state index in [9.17, 15) is 0 Å². The number of nitrogens with zero attached hydrogens (tertiary/aromatic N) is 1.